The predicted molar refractivity (Wildman–Crippen MR) is 498 cm³/mol. The van der Waals surface area contributed by atoms with E-state index in [-0.39, 0.29) is 113 Å². The van der Waals surface area contributed by atoms with Crippen molar-refractivity contribution in [2.24, 2.45) is 11.8 Å². The van der Waals surface area contributed by atoms with Crippen LogP contribution < -0.4 is 9.47 Å². The molecule has 0 aliphatic carbocycles. The van der Waals surface area contributed by atoms with Crippen molar-refractivity contribution in [2.75, 3.05) is 89.7 Å². The first-order valence-electron chi connectivity index (χ1n) is 45.1. The number of benzene rings is 6. The number of carbonyl (C=O) groups excluding carboxylic acids is 6. The minimum absolute atomic E-state index is 0.0275. The number of methoxy groups -OCH3 is 2. The highest BCUT2D eigenvalue weighted by Crippen LogP contribution is 2.53. The molecule has 132 heavy (non-hydrogen) atoms. The summed E-state index contributed by atoms with van der Waals surface area (Å²) in [6.45, 7) is 10.5. The first-order valence-corrected chi connectivity index (χ1v) is 53.1. The highest BCUT2D eigenvalue weighted by molar-refractivity contribution is 7.60. The van der Waals surface area contributed by atoms with Gasteiger partial charge in [0.05, 0.1) is 26.4 Å². The summed E-state index contributed by atoms with van der Waals surface area (Å²) in [6, 6.07) is 49.8. The molecule has 4 fully saturated rings. The highest BCUT2D eigenvalue weighted by atomic mass is 31.2. The third-order valence-electron chi connectivity index (χ3n) is 23.3. The quantitative estimate of drug-likeness (QED) is 0.00761. The number of hydrogen-bond donors (Lipinski definition) is 8. The summed E-state index contributed by atoms with van der Waals surface area (Å²) in [5.41, 5.74) is 6.44. The molecule has 6 aromatic carbocycles. The molecular weight excluding hydrogens is 1780 g/mol. The van der Waals surface area contributed by atoms with Gasteiger partial charge in [0.25, 0.3) is 0 Å². The monoisotopic (exact) mass is 1910 g/mol. The number of amides is 4. The standard InChI is InChI=1S/C31H42NO8P.C24H36NO8P.C24H30NO6P.C17H24NO6P/c1-5-29(34)39-31(22(2)3)40-41(37,18-10-9-13-23-11-7-6-8-12-23)21-28(33)32-20-25(19-27(32)30(35)36)24-14-16-26(38-4)17-15-24;1-4-22(28)32-24(17(2)3)33-34(31,13-9-8-12-18-10-6-5-7-11-18)16-21(27)25-15-19(26)14-20(25)23(29)30;1-31-21-12-10-19(11-13-21)20-15-22(24(27)28)25(16-20)23(26)17-32(29,30)14-6-5-9-18-7-3-2-4-8-18;19-14-10-15(17(21)22)18(11-14)16(20)12-25(23,24)9-5-4-8-13-6-2-1-3-7-13/h6-8,11-12,14-17,22,25,27,31H,5,9-10,13,18-21H2,1-4H3,(H,35,36);5-7,10-11,17,19-20,24,26H,4,8-9,12-16H2,1-3H3,(H,29,30);2-4,7-8,10-13,20,22H,5-6,9,14-17H2,1H3,(H,27,28)(H,29,30);1-3,6-7,14-15,19H,4-5,8-12H2,(H,21,22)(H,23,24)/t25-,27+,31-,41?;19-,20+,24-,34?;20-,22+;14-,15+/m1111/s1. The van der Waals surface area contributed by atoms with Crippen LogP contribution in [0, 0.1) is 11.8 Å². The molecule has 0 bridgehead atoms. The van der Waals surface area contributed by atoms with Crippen LogP contribution in [0.3, 0.4) is 0 Å². The van der Waals surface area contributed by atoms with E-state index in [1.54, 1.807) is 80.0 Å². The molecule has 32 nitrogen and oxygen atoms in total. The molecular formula is C96H132N4O28P4. The topological polar surface area (TPSA) is 469 Å². The third-order valence-corrected chi connectivity index (χ3v) is 31.5. The van der Waals surface area contributed by atoms with Gasteiger partial charge >= 0.3 is 35.8 Å². The number of unbranched alkanes of at least 4 members (excludes halogenated alkanes) is 4. The van der Waals surface area contributed by atoms with E-state index >= 15 is 0 Å². The Morgan fingerprint density at radius 1 is 0.356 bits per heavy atom. The Bertz CT molecular complexity index is 4880. The number of rotatable bonds is 46. The molecule has 0 saturated carbocycles. The largest absolute Gasteiger partial charge is 0.497 e. The lowest BCUT2D eigenvalue weighted by Crippen LogP contribution is -2.42. The van der Waals surface area contributed by atoms with Crippen LogP contribution in [0.1, 0.15) is 177 Å². The smallest absolute Gasteiger partial charge is 0.326 e. The van der Waals surface area contributed by atoms with Gasteiger partial charge in [0, 0.05) is 100 Å². The van der Waals surface area contributed by atoms with Crippen LogP contribution in [0.2, 0.25) is 0 Å². The molecule has 0 spiro atoms. The van der Waals surface area contributed by atoms with Gasteiger partial charge in [-0.3, -0.25) is 56.1 Å². The second-order valence-corrected chi connectivity index (χ2v) is 44.7. The van der Waals surface area contributed by atoms with Gasteiger partial charge in [0.15, 0.2) is 0 Å². The van der Waals surface area contributed by atoms with Gasteiger partial charge in [-0.25, -0.2) is 19.2 Å². The number of nitrogens with zero attached hydrogens (tertiary/aromatic N) is 4. The lowest BCUT2D eigenvalue weighted by molar-refractivity contribution is -0.170. The number of ether oxygens (including phenoxy) is 4. The number of β-amino-alcohol motifs (C(OH)–C–C–N with tert-alkyl or cyclic N) is 2. The zero-order valence-electron chi connectivity index (χ0n) is 76.6. The van der Waals surface area contributed by atoms with E-state index < -0.39 is 163 Å². The molecule has 4 aliphatic heterocycles. The molecule has 4 amide bonds. The van der Waals surface area contributed by atoms with Gasteiger partial charge in [-0.15, -0.1) is 0 Å². The van der Waals surface area contributed by atoms with E-state index in [4.69, 9.17) is 33.1 Å². The number of aliphatic hydroxyl groups is 2. The average Bonchev–Trinajstić information content (AvgIpc) is 1.65. The number of hydrogen-bond acceptors (Lipinski definition) is 22. The summed E-state index contributed by atoms with van der Waals surface area (Å²) in [7, 11) is -11.5. The van der Waals surface area contributed by atoms with E-state index in [2.05, 4.69) is 0 Å². The fourth-order valence-corrected chi connectivity index (χ4v) is 23.5. The second kappa shape index (κ2) is 54.0. The summed E-state index contributed by atoms with van der Waals surface area (Å²) in [4.78, 5) is 147. The number of aliphatic carboxylic acids is 4. The number of carboxylic acid groups (broad SMARTS) is 4. The molecule has 0 radical (unpaired) electrons. The summed E-state index contributed by atoms with van der Waals surface area (Å²) >= 11 is 0. The highest BCUT2D eigenvalue weighted by Gasteiger charge is 2.47. The normalized spacial score (nSPS) is 20.3. The van der Waals surface area contributed by atoms with Gasteiger partial charge < -0.3 is 79.0 Å². The van der Waals surface area contributed by atoms with Crippen molar-refractivity contribution in [1.82, 2.24) is 19.6 Å². The molecule has 4 heterocycles. The van der Waals surface area contributed by atoms with Crippen LogP contribution in [-0.4, -0.2) is 258 Å². The summed E-state index contributed by atoms with van der Waals surface area (Å²) in [5, 5.41) is 57.5. The molecule has 14 atom stereocenters. The summed E-state index contributed by atoms with van der Waals surface area (Å²) in [5.74, 6) is -7.61. The number of likely N-dealkylation sites (tertiary alicyclic amines) is 4. The fraction of sp³-hybridized carbons (Fsp3) is 0.521. The average molecular weight is 1910 g/mol. The van der Waals surface area contributed by atoms with Crippen LogP contribution in [0.15, 0.2) is 170 Å². The maximum Gasteiger partial charge on any atom is 0.326 e. The van der Waals surface area contributed by atoms with Crippen molar-refractivity contribution >= 4 is 88.9 Å². The van der Waals surface area contributed by atoms with Crippen molar-refractivity contribution in [2.45, 2.75) is 218 Å². The zero-order chi connectivity index (χ0) is 96.9. The maximum atomic E-state index is 14.3. The Kier molecular flexibility index (Phi) is 44.7. The Morgan fingerprint density at radius 3 is 0.871 bits per heavy atom. The molecule has 724 valence electrons. The molecule has 0 aromatic heterocycles. The molecule has 4 aliphatic rings. The van der Waals surface area contributed by atoms with Gasteiger partial charge in [-0.2, -0.15) is 0 Å². The number of aryl methyl sites for hydroxylation is 4. The van der Waals surface area contributed by atoms with Crippen molar-refractivity contribution in [3.8, 4) is 11.5 Å². The first kappa shape index (κ1) is 109. The minimum Gasteiger partial charge on any atom is -0.497 e. The van der Waals surface area contributed by atoms with E-state index in [1.807, 2.05) is 146 Å². The van der Waals surface area contributed by atoms with Gasteiger partial charge in [-0.1, -0.05) is 187 Å². The Morgan fingerprint density at radius 2 is 0.614 bits per heavy atom. The third kappa shape index (κ3) is 36.6. The fourth-order valence-electron chi connectivity index (χ4n) is 15.9. The molecule has 10 rings (SSSR count). The first-order chi connectivity index (χ1) is 62.7. The van der Waals surface area contributed by atoms with Gasteiger partial charge in [0.1, 0.15) is 60.3 Å². The molecule has 36 heteroatoms. The summed E-state index contributed by atoms with van der Waals surface area (Å²) < 4.78 is 85.9. The van der Waals surface area contributed by atoms with E-state index in [0.717, 1.165) is 82.6 Å². The SMILES string of the molecule is CCC(=O)O[C@H](OP(=O)(CCCCc1ccccc1)CC(=O)N1C[C@H](O)C[C@H]1C(=O)O)C(C)C.CCC(=O)O[C@H](OP(=O)(CCCCc1ccccc1)CC(=O)N1C[C@H](c2ccc(OC)cc2)C[C@H]1C(=O)O)C(C)C.COc1ccc([C@@H]2C[C@@H](C(=O)O)N(C(=O)CP(=O)(O)CCCCc3ccccc3)C2)cc1.O=C(O)[C@@H]1C[C@@H](O)CN1C(=O)CP(=O)(O)CCCCc1ccccc1. The Hall–Kier alpha value is -9.70. The van der Waals surface area contributed by atoms with Crippen molar-refractivity contribution < 1.29 is 135 Å². The predicted octanol–water partition coefficient (Wildman–Crippen LogP) is 14.1. The maximum absolute atomic E-state index is 14.3. The molecule has 8 N–H and O–H groups in total. The molecule has 4 unspecified atom stereocenters. The number of aliphatic hydroxyl groups excluding tert-OH is 2. The van der Waals surface area contributed by atoms with E-state index in [1.165, 1.54) is 15.4 Å². The van der Waals surface area contributed by atoms with Crippen molar-refractivity contribution in [3.05, 3.63) is 203 Å². The molecule has 6 aromatic rings. The van der Waals surface area contributed by atoms with E-state index in [0.29, 0.717) is 43.6 Å². The van der Waals surface area contributed by atoms with Gasteiger partial charge in [-0.05, 0) is 148 Å². The van der Waals surface area contributed by atoms with Crippen LogP contribution in [0.5, 0.6) is 11.5 Å². The Labute approximate surface area is 773 Å². The number of esters is 2. The van der Waals surface area contributed by atoms with Gasteiger partial charge in [0.2, 0.25) is 65.7 Å². The second-order valence-electron chi connectivity index (χ2n) is 34.5. The van der Waals surface area contributed by atoms with Crippen LogP contribution in [-0.2, 0) is 110 Å². The van der Waals surface area contributed by atoms with Crippen LogP contribution >= 0.6 is 29.5 Å². The van der Waals surface area contributed by atoms with Crippen LogP contribution in [0.25, 0.3) is 0 Å². The Balaban J connectivity index is 0.000000244. The summed E-state index contributed by atoms with van der Waals surface area (Å²) in [6.07, 6.45) is 3.06. The minimum atomic E-state index is -3.68. The number of carboxylic acids is 4. The lowest BCUT2D eigenvalue weighted by atomic mass is 9.96. The zero-order valence-corrected chi connectivity index (χ0v) is 80.2. The van der Waals surface area contributed by atoms with Crippen LogP contribution in [0.4, 0.5) is 0 Å². The van der Waals surface area contributed by atoms with E-state index in [9.17, 15) is 102 Å². The number of carbonyl (C=O) groups is 10. The van der Waals surface area contributed by atoms with Crippen molar-refractivity contribution in [1.29, 1.82) is 0 Å². The van der Waals surface area contributed by atoms with Crippen molar-refractivity contribution in [3.63, 3.8) is 0 Å². The lowest BCUT2D eigenvalue weighted by Gasteiger charge is -2.29. The molecule has 4 saturated heterocycles.